The molecule has 0 aliphatic heterocycles. The lowest BCUT2D eigenvalue weighted by Gasteiger charge is -2.12. The Morgan fingerprint density at radius 2 is 2.32 bits per heavy atom. The van der Waals surface area contributed by atoms with Crippen molar-refractivity contribution in [3.63, 3.8) is 0 Å². The summed E-state index contributed by atoms with van der Waals surface area (Å²) in [5.74, 6) is -0.0260. The van der Waals surface area contributed by atoms with Gasteiger partial charge in [-0.2, -0.15) is 5.10 Å². The van der Waals surface area contributed by atoms with E-state index in [1.807, 2.05) is 13.0 Å². The number of rotatable bonds is 8. The standard InChI is InChI=1S/C16H21FN4O/c1-13(8-14-4-2-5-15(17)10-14)9-16(22)19-6-3-7-21-12-18-11-20-21/h2,4-5,10-13H,3,6-9H2,1H3,(H,19,22). The van der Waals surface area contributed by atoms with Crippen LogP contribution in [-0.4, -0.2) is 27.2 Å². The third kappa shape index (κ3) is 5.63. The molecule has 1 heterocycles. The summed E-state index contributed by atoms with van der Waals surface area (Å²) in [7, 11) is 0. The first kappa shape index (κ1) is 16.1. The van der Waals surface area contributed by atoms with Gasteiger partial charge in [0.2, 0.25) is 5.91 Å². The van der Waals surface area contributed by atoms with Crippen LogP contribution in [0.2, 0.25) is 0 Å². The summed E-state index contributed by atoms with van der Waals surface area (Å²) in [6.45, 7) is 3.35. The van der Waals surface area contributed by atoms with E-state index in [2.05, 4.69) is 15.4 Å². The van der Waals surface area contributed by atoms with Crippen LogP contribution in [0, 0.1) is 11.7 Å². The molecule has 22 heavy (non-hydrogen) atoms. The molecule has 1 N–H and O–H groups in total. The predicted molar refractivity (Wildman–Crippen MR) is 81.5 cm³/mol. The Morgan fingerprint density at radius 1 is 1.45 bits per heavy atom. The molecule has 5 nitrogen and oxygen atoms in total. The van der Waals surface area contributed by atoms with E-state index in [9.17, 15) is 9.18 Å². The van der Waals surface area contributed by atoms with Crippen LogP contribution in [0.4, 0.5) is 4.39 Å². The minimum absolute atomic E-state index is 0.0301. The molecule has 1 unspecified atom stereocenters. The van der Waals surface area contributed by atoms with Crippen molar-refractivity contribution in [1.82, 2.24) is 20.1 Å². The van der Waals surface area contributed by atoms with Crippen LogP contribution < -0.4 is 5.32 Å². The van der Waals surface area contributed by atoms with Gasteiger partial charge >= 0.3 is 0 Å². The average Bonchev–Trinajstić information content (AvgIpc) is 2.96. The van der Waals surface area contributed by atoms with Crippen LogP contribution in [-0.2, 0) is 17.8 Å². The number of amides is 1. The van der Waals surface area contributed by atoms with Gasteiger partial charge in [-0.15, -0.1) is 0 Å². The van der Waals surface area contributed by atoms with E-state index in [1.54, 1.807) is 17.1 Å². The summed E-state index contributed by atoms with van der Waals surface area (Å²) < 4.78 is 14.8. The number of nitrogens with one attached hydrogen (secondary N) is 1. The number of hydrogen-bond acceptors (Lipinski definition) is 3. The first-order valence-corrected chi connectivity index (χ1v) is 7.47. The number of benzene rings is 1. The summed E-state index contributed by atoms with van der Waals surface area (Å²) in [6, 6.07) is 6.53. The van der Waals surface area contributed by atoms with Crippen LogP contribution in [0.15, 0.2) is 36.9 Å². The normalized spacial score (nSPS) is 12.1. The number of carbonyl (C=O) groups is 1. The van der Waals surface area contributed by atoms with E-state index >= 15 is 0 Å². The lowest BCUT2D eigenvalue weighted by molar-refractivity contribution is -0.121. The monoisotopic (exact) mass is 304 g/mol. The van der Waals surface area contributed by atoms with Crippen molar-refractivity contribution in [3.8, 4) is 0 Å². The Bertz CT molecular complexity index is 586. The number of hydrogen-bond donors (Lipinski definition) is 1. The molecule has 0 spiro atoms. The van der Waals surface area contributed by atoms with E-state index in [0.717, 1.165) is 18.5 Å². The number of carbonyl (C=O) groups excluding carboxylic acids is 1. The van der Waals surface area contributed by atoms with Crippen LogP contribution >= 0.6 is 0 Å². The zero-order valence-corrected chi connectivity index (χ0v) is 12.7. The van der Waals surface area contributed by atoms with Gasteiger partial charge in [0.15, 0.2) is 0 Å². The summed E-state index contributed by atoms with van der Waals surface area (Å²) in [5, 5.41) is 6.90. The SMILES string of the molecule is CC(CC(=O)NCCCn1cncn1)Cc1cccc(F)c1. The molecule has 0 saturated carbocycles. The molecular formula is C16H21FN4O. The van der Waals surface area contributed by atoms with Gasteiger partial charge in [0, 0.05) is 19.5 Å². The summed E-state index contributed by atoms with van der Waals surface area (Å²) >= 11 is 0. The first-order valence-electron chi connectivity index (χ1n) is 7.47. The molecule has 0 fully saturated rings. The van der Waals surface area contributed by atoms with Crippen molar-refractivity contribution in [1.29, 1.82) is 0 Å². The second kappa shape index (κ2) is 8.26. The number of aryl methyl sites for hydroxylation is 1. The average molecular weight is 304 g/mol. The Balaban J connectivity index is 1.63. The molecule has 0 radical (unpaired) electrons. The van der Waals surface area contributed by atoms with Crippen LogP contribution in [0.25, 0.3) is 0 Å². The Hall–Kier alpha value is -2.24. The smallest absolute Gasteiger partial charge is 0.220 e. The molecule has 0 saturated heterocycles. The molecule has 1 amide bonds. The maximum absolute atomic E-state index is 13.1. The Kier molecular flexibility index (Phi) is 6.06. The highest BCUT2D eigenvalue weighted by Crippen LogP contribution is 2.13. The van der Waals surface area contributed by atoms with Crippen molar-refractivity contribution in [3.05, 3.63) is 48.3 Å². The summed E-state index contributed by atoms with van der Waals surface area (Å²) in [4.78, 5) is 15.7. The van der Waals surface area contributed by atoms with Crippen LogP contribution in [0.5, 0.6) is 0 Å². The Labute approximate surface area is 129 Å². The lowest BCUT2D eigenvalue weighted by Crippen LogP contribution is -2.27. The second-order valence-electron chi connectivity index (χ2n) is 5.51. The highest BCUT2D eigenvalue weighted by atomic mass is 19.1. The molecule has 0 aliphatic carbocycles. The van der Waals surface area contributed by atoms with Gasteiger partial charge in [-0.3, -0.25) is 9.48 Å². The van der Waals surface area contributed by atoms with Gasteiger partial charge in [-0.1, -0.05) is 19.1 Å². The van der Waals surface area contributed by atoms with Crippen molar-refractivity contribution in [2.24, 2.45) is 5.92 Å². The summed E-state index contributed by atoms with van der Waals surface area (Å²) in [6.07, 6.45) is 5.10. The van der Waals surface area contributed by atoms with Gasteiger partial charge in [-0.05, 0) is 36.5 Å². The van der Waals surface area contributed by atoms with E-state index in [0.29, 0.717) is 19.4 Å². The van der Waals surface area contributed by atoms with Gasteiger partial charge in [-0.25, -0.2) is 9.37 Å². The molecule has 118 valence electrons. The van der Waals surface area contributed by atoms with Crippen LogP contribution in [0.3, 0.4) is 0 Å². The summed E-state index contributed by atoms with van der Waals surface area (Å²) in [5.41, 5.74) is 0.923. The van der Waals surface area contributed by atoms with E-state index in [1.165, 1.54) is 18.5 Å². The fraction of sp³-hybridized carbons (Fsp3) is 0.438. The zero-order chi connectivity index (χ0) is 15.8. The largest absolute Gasteiger partial charge is 0.356 e. The highest BCUT2D eigenvalue weighted by molar-refractivity contribution is 5.76. The zero-order valence-electron chi connectivity index (χ0n) is 12.7. The molecule has 1 atom stereocenters. The topological polar surface area (TPSA) is 59.8 Å². The molecule has 6 heteroatoms. The third-order valence-electron chi connectivity index (χ3n) is 3.36. The van der Waals surface area contributed by atoms with Gasteiger partial charge in [0.25, 0.3) is 0 Å². The minimum atomic E-state index is -0.234. The first-order chi connectivity index (χ1) is 10.6. The molecule has 1 aromatic heterocycles. The molecule has 2 rings (SSSR count). The highest BCUT2D eigenvalue weighted by Gasteiger charge is 2.10. The van der Waals surface area contributed by atoms with Crippen molar-refractivity contribution >= 4 is 5.91 Å². The second-order valence-corrected chi connectivity index (χ2v) is 5.51. The fourth-order valence-electron chi connectivity index (χ4n) is 2.34. The van der Waals surface area contributed by atoms with Gasteiger partial charge < -0.3 is 5.32 Å². The van der Waals surface area contributed by atoms with Crippen molar-refractivity contribution < 1.29 is 9.18 Å². The fourth-order valence-corrected chi connectivity index (χ4v) is 2.34. The van der Waals surface area contributed by atoms with E-state index in [-0.39, 0.29) is 17.6 Å². The molecule has 0 aliphatic rings. The van der Waals surface area contributed by atoms with Crippen molar-refractivity contribution in [2.45, 2.75) is 32.7 Å². The molecule has 1 aromatic carbocycles. The van der Waals surface area contributed by atoms with Crippen LogP contribution in [0.1, 0.15) is 25.3 Å². The number of halogens is 1. The van der Waals surface area contributed by atoms with Crippen molar-refractivity contribution in [2.75, 3.05) is 6.54 Å². The van der Waals surface area contributed by atoms with Gasteiger partial charge in [0.05, 0.1) is 0 Å². The maximum Gasteiger partial charge on any atom is 0.220 e. The minimum Gasteiger partial charge on any atom is -0.356 e. The Morgan fingerprint density at radius 3 is 3.05 bits per heavy atom. The predicted octanol–water partition coefficient (Wildman–Crippen LogP) is 2.19. The number of aromatic nitrogens is 3. The number of nitrogens with zero attached hydrogens (tertiary/aromatic N) is 3. The molecule has 2 aromatic rings. The molecule has 0 bridgehead atoms. The third-order valence-corrected chi connectivity index (χ3v) is 3.36. The molecular weight excluding hydrogens is 283 g/mol. The van der Waals surface area contributed by atoms with Gasteiger partial charge in [0.1, 0.15) is 18.5 Å². The quantitative estimate of drug-likeness (QED) is 0.761. The lowest BCUT2D eigenvalue weighted by atomic mass is 9.98. The van der Waals surface area contributed by atoms with E-state index in [4.69, 9.17) is 0 Å². The maximum atomic E-state index is 13.1. The van der Waals surface area contributed by atoms with E-state index < -0.39 is 0 Å².